The highest BCUT2D eigenvalue weighted by Gasteiger charge is 2.01. The van der Waals surface area contributed by atoms with E-state index >= 15 is 0 Å². The molecule has 6 nitrogen and oxygen atoms in total. The van der Waals surface area contributed by atoms with Crippen LogP contribution >= 0.6 is 11.6 Å². The van der Waals surface area contributed by atoms with Crippen molar-refractivity contribution in [2.75, 3.05) is 37.8 Å². The summed E-state index contributed by atoms with van der Waals surface area (Å²) in [7, 11) is 4.12. The number of hydrogen-bond donors (Lipinski definition) is 2. The topological polar surface area (TPSA) is 66.0 Å². The summed E-state index contributed by atoms with van der Waals surface area (Å²) in [5.41, 5.74) is 1.11. The van der Waals surface area contributed by atoms with E-state index < -0.39 is 0 Å². The Morgan fingerprint density at radius 3 is 2.64 bits per heavy atom. The van der Waals surface area contributed by atoms with Crippen LogP contribution in [0, 0.1) is 0 Å². The lowest BCUT2D eigenvalue weighted by Crippen LogP contribution is -2.17. The minimum Gasteiger partial charge on any atom is -0.369 e. The predicted octanol–water partition coefficient (Wildman–Crippen LogP) is 2.50. The molecule has 1 aromatic heterocycles. The van der Waals surface area contributed by atoms with E-state index in [2.05, 4.69) is 44.8 Å². The number of hydrogen-bond acceptors (Lipinski definition) is 6. The molecule has 0 amide bonds. The van der Waals surface area contributed by atoms with E-state index in [0.717, 1.165) is 35.9 Å². The van der Waals surface area contributed by atoms with Gasteiger partial charge in [-0.05, 0) is 44.8 Å². The van der Waals surface area contributed by atoms with Gasteiger partial charge in [-0.25, -0.2) is 0 Å². The number of anilines is 2. The fourth-order valence-corrected chi connectivity index (χ4v) is 1.98. The number of nitrogens with zero attached hydrogens (tertiary/aromatic N) is 4. The first kappa shape index (κ1) is 16.5. The summed E-state index contributed by atoms with van der Waals surface area (Å²) in [6.07, 6.45) is 2.67. The van der Waals surface area contributed by atoms with Crippen molar-refractivity contribution in [3.05, 3.63) is 41.0 Å². The maximum Gasteiger partial charge on any atom is 0.244 e. The number of aromatic nitrogens is 3. The van der Waals surface area contributed by atoms with Crippen molar-refractivity contribution in [1.29, 1.82) is 0 Å². The van der Waals surface area contributed by atoms with Crippen molar-refractivity contribution in [3.8, 4) is 0 Å². The molecule has 0 bridgehead atoms. The Bertz CT molecular complexity index is 573. The van der Waals surface area contributed by atoms with Crippen LogP contribution in [0.2, 0.25) is 5.02 Å². The van der Waals surface area contributed by atoms with Crippen molar-refractivity contribution in [2.24, 2.45) is 0 Å². The van der Waals surface area contributed by atoms with Gasteiger partial charge in [-0.15, -0.1) is 5.10 Å². The van der Waals surface area contributed by atoms with Crippen LogP contribution in [0.3, 0.4) is 0 Å². The van der Waals surface area contributed by atoms with Gasteiger partial charge in [0.25, 0.3) is 0 Å². The quantitative estimate of drug-likeness (QED) is 0.729. The SMILES string of the molecule is CN(C)CCCNc1cnnc(NCc2ccc(Cl)cc2)n1. The van der Waals surface area contributed by atoms with Crippen LogP contribution < -0.4 is 10.6 Å². The number of rotatable bonds is 8. The number of nitrogens with one attached hydrogen (secondary N) is 2. The van der Waals surface area contributed by atoms with Crippen LogP contribution in [0.4, 0.5) is 11.8 Å². The molecule has 22 heavy (non-hydrogen) atoms. The highest BCUT2D eigenvalue weighted by Crippen LogP contribution is 2.11. The Balaban J connectivity index is 1.81. The molecule has 1 aromatic carbocycles. The lowest BCUT2D eigenvalue weighted by atomic mass is 10.2. The molecule has 0 aliphatic carbocycles. The number of benzene rings is 1. The number of halogens is 1. The summed E-state index contributed by atoms with van der Waals surface area (Å²) in [5.74, 6) is 1.24. The molecule has 118 valence electrons. The van der Waals surface area contributed by atoms with Crippen LogP contribution in [-0.4, -0.2) is 47.3 Å². The van der Waals surface area contributed by atoms with Gasteiger partial charge >= 0.3 is 0 Å². The van der Waals surface area contributed by atoms with Crippen molar-refractivity contribution >= 4 is 23.4 Å². The first-order chi connectivity index (χ1) is 10.6. The lowest BCUT2D eigenvalue weighted by Gasteiger charge is -2.10. The van der Waals surface area contributed by atoms with Crippen molar-refractivity contribution in [2.45, 2.75) is 13.0 Å². The van der Waals surface area contributed by atoms with Gasteiger partial charge in [0.05, 0.1) is 6.20 Å². The van der Waals surface area contributed by atoms with Crippen molar-refractivity contribution in [1.82, 2.24) is 20.1 Å². The van der Waals surface area contributed by atoms with E-state index in [9.17, 15) is 0 Å². The van der Waals surface area contributed by atoms with Gasteiger partial charge in [0.2, 0.25) is 5.95 Å². The third kappa shape index (κ3) is 5.83. The van der Waals surface area contributed by atoms with E-state index in [1.807, 2.05) is 24.3 Å². The molecule has 0 radical (unpaired) electrons. The summed E-state index contributed by atoms with van der Waals surface area (Å²) in [6, 6.07) is 7.65. The molecule has 0 fully saturated rings. The smallest absolute Gasteiger partial charge is 0.244 e. The normalized spacial score (nSPS) is 10.7. The molecule has 0 saturated heterocycles. The standard InChI is InChI=1S/C15H21ClN6/c1-22(2)9-3-8-17-14-11-19-21-15(20-14)18-10-12-4-6-13(16)7-5-12/h4-7,11H,3,8-10H2,1-2H3,(H2,17,18,20,21). The van der Waals surface area contributed by atoms with E-state index in [1.165, 1.54) is 0 Å². The Morgan fingerprint density at radius 2 is 1.91 bits per heavy atom. The third-order valence-corrected chi connectivity index (χ3v) is 3.26. The summed E-state index contributed by atoms with van der Waals surface area (Å²) in [6.45, 7) is 2.52. The molecule has 1 heterocycles. The van der Waals surface area contributed by atoms with E-state index in [-0.39, 0.29) is 0 Å². The molecule has 0 spiro atoms. The molecular weight excluding hydrogens is 300 g/mol. The second-order valence-corrected chi connectivity index (χ2v) is 5.67. The summed E-state index contributed by atoms with van der Waals surface area (Å²) in [4.78, 5) is 6.54. The van der Waals surface area contributed by atoms with Gasteiger partial charge in [-0.1, -0.05) is 23.7 Å². The van der Waals surface area contributed by atoms with E-state index in [1.54, 1.807) is 6.20 Å². The zero-order valence-corrected chi connectivity index (χ0v) is 13.6. The Morgan fingerprint density at radius 1 is 1.14 bits per heavy atom. The summed E-state index contributed by atoms with van der Waals surface area (Å²) >= 11 is 5.86. The zero-order chi connectivity index (χ0) is 15.8. The van der Waals surface area contributed by atoms with Crippen LogP contribution in [0.5, 0.6) is 0 Å². The molecule has 0 saturated carbocycles. The molecule has 0 aliphatic heterocycles. The van der Waals surface area contributed by atoms with Gasteiger partial charge in [0.15, 0.2) is 5.82 Å². The largest absolute Gasteiger partial charge is 0.369 e. The molecule has 2 aromatic rings. The monoisotopic (exact) mass is 320 g/mol. The predicted molar refractivity (Wildman–Crippen MR) is 90.3 cm³/mol. The molecular formula is C15H21ClN6. The first-order valence-corrected chi connectivity index (χ1v) is 7.58. The van der Waals surface area contributed by atoms with Gasteiger partial charge in [0.1, 0.15) is 0 Å². The van der Waals surface area contributed by atoms with Crippen LogP contribution in [0.25, 0.3) is 0 Å². The van der Waals surface area contributed by atoms with Crippen molar-refractivity contribution < 1.29 is 0 Å². The van der Waals surface area contributed by atoms with Crippen LogP contribution in [-0.2, 0) is 6.54 Å². The Kier molecular flexibility index (Phi) is 6.36. The van der Waals surface area contributed by atoms with Crippen LogP contribution in [0.1, 0.15) is 12.0 Å². The summed E-state index contributed by atoms with van der Waals surface area (Å²) in [5, 5.41) is 15.1. The minimum absolute atomic E-state index is 0.507. The minimum atomic E-state index is 0.507. The van der Waals surface area contributed by atoms with Gasteiger partial charge in [0, 0.05) is 18.1 Å². The zero-order valence-electron chi connectivity index (χ0n) is 12.9. The van der Waals surface area contributed by atoms with Gasteiger partial charge in [-0.3, -0.25) is 0 Å². The molecule has 7 heteroatoms. The molecule has 2 N–H and O–H groups in total. The molecule has 2 rings (SSSR count). The fraction of sp³-hybridized carbons (Fsp3) is 0.400. The van der Waals surface area contributed by atoms with Crippen LogP contribution in [0.15, 0.2) is 30.5 Å². The third-order valence-electron chi connectivity index (χ3n) is 3.01. The summed E-state index contributed by atoms with van der Waals surface area (Å²) < 4.78 is 0. The fourth-order valence-electron chi connectivity index (χ4n) is 1.86. The molecule has 0 unspecified atom stereocenters. The molecule has 0 atom stereocenters. The highest BCUT2D eigenvalue weighted by atomic mass is 35.5. The molecule has 0 aliphatic rings. The van der Waals surface area contributed by atoms with E-state index in [0.29, 0.717) is 12.5 Å². The average Bonchev–Trinajstić information content (AvgIpc) is 2.51. The maximum absolute atomic E-state index is 5.86. The average molecular weight is 321 g/mol. The second kappa shape index (κ2) is 8.51. The van der Waals surface area contributed by atoms with Crippen molar-refractivity contribution in [3.63, 3.8) is 0 Å². The maximum atomic E-state index is 5.86. The second-order valence-electron chi connectivity index (χ2n) is 5.23. The van der Waals surface area contributed by atoms with Gasteiger partial charge < -0.3 is 15.5 Å². The Labute approximate surface area is 135 Å². The van der Waals surface area contributed by atoms with E-state index in [4.69, 9.17) is 11.6 Å². The first-order valence-electron chi connectivity index (χ1n) is 7.20. The Hall–Kier alpha value is -1.92. The lowest BCUT2D eigenvalue weighted by molar-refractivity contribution is 0.405. The van der Waals surface area contributed by atoms with Gasteiger partial charge in [-0.2, -0.15) is 10.1 Å². The highest BCUT2D eigenvalue weighted by molar-refractivity contribution is 6.30.